The van der Waals surface area contributed by atoms with Crippen molar-refractivity contribution < 1.29 is 19.1 Å². The van der Waals surface area contributed by atoms with Gasteiger partial charge >= 0.3 is 6.09 Å². The Labute approximate surface area is 233 Å². The third-order valence-corrected chi connectivity index (χ3v) is 7.95. The first kappa shape index (κ1) is 26.2. The predicted octanol–water partition coefficient (Wildman–Crippen LogP) is 6.15. The van der Waals surface area contributed by atoms with Gasteiger partial charge in [0.2, 0.25) is 5.91 Å². The summed E-state index contributed by atoms with van der Waals surface area (Å²) >= 11 is 0. The van der Waals surface area contributed by atoms with E-state index in [0.29, 0.717) is 11.3 Å². The van der Waals surface area contributed by atoms with E-state index >= 15 is 0 Å². The lowest BCUT2D eigenvalue weighted by Gasteiger charge is -2.31. The molecule has 40 heavy (non-hydrogen) atoms. The Balaban J connectivity index is 1.36. The van der Waals surface area contributed by atoms with Gasteiger partial charge < -0.3 is 25.7 Å². The van der Waals surface area contributed by atoms with Gasteiger partial charge in [-0.2, -0.15) is 0 Å². The first-order valence-electron chi connectivity index (χ1n) is 14.2. The molecule has 208 valence electrons. The van der Waals surface area contributed by atoms with Crippen molar-refractivity contribution in [2.45, 2.75) is 77.0 Å². The third kappa shape index (κ3) is 5.35. The Morgan fingerprint density at radius 2 is 1.80 bits per heavy atom. The summed E-state index contributed by atoms with van der Waals surface area (Å²) in [5.74, 6) is -0.460. The van der Waals surface area contributed by atoms with Gasteiger partial charge in [-0.25, -0.2) is 4.79 Å². The molecule has 0 spiro atoms. The SMILES string of the molecule is CC(C)(C)OC(=O)N[C@H](C(=O)Nc1cc2c3c(c(-c4ccccc4)[nH]c3c1)/C=C1\CC1NC2=O)C1CCCCC1. The number of amides is 3. The second-order valence-corrected chi connectivity index (χ2v) is 12.2. The number of aromatic nitrogens is 1. The molecule has 4 N–H and O–H groups in total. The van der Waals surface area contributed by atoms with Crippen LogP contribution in [0, 0.1) is 5.92 Å². The quantitative estimate of drug-likeness (QED) is 0.311. The van der Waals surface area contributed by atoms with E-state index < -0.39 is 17.7 Å². The van der Waals surface area contributed by atoms with Crippen molar-refractivity contribution in [3.8, 4) is 11.3 Å². The van der Waals surface area contributed by atoms with Crippen LogP contribution >= 0.6 is 0 Å². The molecule has 1 aromatic heterocycles. The number of hydrogen-bond donors (Lipinski definition) is 4. The molecule has 2 heterocycles. The van der Waals surface area contributed by atoms with E-state index in [1.54, 1.807) is 26.8 Å². The van der Waals surface area contributed by atoms with Gasteiger partial charge in [-0.05, 0) is 69.2 Å². The lowest BCUT2D eigenvalue weighted by Crippen LogP contribution is -2.50. The summed E-state index contributed by atoms with van der Waals surface area (Å²) < 4.78 is 5.48. The zero-order valence-electron chi connectivity index (χ0n) is 23.2. The van der Waals surface area contributed by atoms with Crippen molar-refractivity contribution in [1.29, 1.82) is 0 Å². The highest BCUT2D eigenvalue weighted by molar-refractivity contribution is 6.15. The Bertz CT molecular complexity index is 1510. The van der Waals surface area contributed by atoms with E-state index in [-0.39, 0.29) is 23.8 Å². The summed E-state index contributed by atoms with van der Waals surface area (Å²) in [6.07, 6.45) is 7.29. The molecule has 8 heteroatoms. The number of benzene rings is 2. The molecular formula is C32H36N4O4. The van der Waals surface area contributed by atoms with Crippen LogP contribution in [0.5, 0.6) is 0 Å². The topological polar surface area (TPSA) is 112 Å². The van der Waals surface area contributed by atoms with Crippen molar-refractivity contribution in [1.82, 2.24) is 15.6 Å². The van der Waals surface area contributed by atoms with E-state index in [2.05, 4.69) is 27.0 Å². The molecule has 0 radical (unpaired) electrons. The number of ether oxygens (including phenoxy) is 1. The highest BCUT2D eigenvalue weighted by atomic mass is 16.6. The zero-order chi connectivity index (χ0) is 28.0. The normalized spacial score (nSPS) is 20.7. The molecule has 1 aliphatic heterocycles. The standard InChI is InChI=1S/C32H36N4O4/c1-32(2,3)40-31(39)36-28(19-12-8-5-9-13-19)30(38)33-21-16-23-26-22(14-20-15-24(20)35-29(23)37)27(34-25(26)17-21)18-10-6-4-7-11-18/h4,6-7,10-11,14,16-17,19,24,28,34H,5,8-9,12-13,15H2,1-3H3,(H,33,38)(H,35,37)(H,36,39)/b20-14+/t24?,28-/m0/s1. The number of H-pyrrole nitrogens is 1. The maximum absolute atomic E-state index is 13.7. The van der Waals surface area contributed by atoms with Crippen molar-refractivity contribution >= 4 is 40.6 Å². The van der Waals surface area contributed by atoms with Crippen molar-refractivity contribution in [3.05, 3.63) is 59.2 Å². The summed E-state index contributed by atoms with van der Waals surface area (Å²) in [6.45, 7) is 5.40. The lowest BCUT2D eigenvalue weighted by atomic mass is 9.83. The molecule has 2 atom stereocenters. The molecule has 6 rings (SSSR count). The molecule has 1 unspecified atom stereocenters. The van der Waals surface area contributed by atoms with Gasteiger partial charge in [-0.1, -0.05) is 55.7 Å². The van der Waals surface area contributed by atoms with Crippen LogP contribution in [-0.4, -0.2) is 40.6 Å². The van der Waals surface area contributed by atoms with Gasteiger partial charge in [0.15, 0.2) is 0 Å². The molecular weight excluding hydrogens is 504 g/mol. The van der Waals surface area contributed by atoms with E-state index in [1.165, 1.54) is 5.57 Å². The van der Waals surface area contributed by atoms with Crippen LogP contribution in [0.2, 0.25) is 0 Å². The maximum Gasteiger partial charge on any atom is 0.408 e. The van der Waals surface area contributed by atoms with Crippen LogP contribution in [0.3, 0.4) is 0 Å². The van der Waals surface area contributed by atoms with Gasteiger partial charge in [0.1, 0.15) is 11.6 Å². The minimum absolute atomic E-state index is 0.0126. The van der Waals surface area contributed by atoms with Crippen molar-refractivity contribution in [2.24, 2.45) is 5.92 Å². The van der Waals surface area contributed by atoms with E-state index in [0.717, 1.165) is 66.2 Å². The molecule has 2 aromatic carbocycles. The second-order valence-electron chi connectivity index (χ2n) is 12.2. The molecule has 3 aliphatic rings. The Morgan fingerprint density at radius 3 is 2.52 bits per heavy atom. The summed E-state index contributed by atoms with van der Waals surface area (Å²) in [6, 6.07) is 13.0. The first-order chi connectivity index (χ1) is 19.2. The molecule has 0 saturated heterocycles. The number of rotatable bonds is 5. The van der Waals surface area contributed by atoms with Crippen LogP contribution in [0.15, 0.2) is 48.0 Å². The largest absolute Gasteiger partial charge is 0.444 e. The van der Waals surface area contributed by atoms with Gasteiger partial charge in [-0.3, -0.25) is 9.59 Å². The first-order valence-corrected chi connectivity index (χ1v) is 14.2. The smallest absolute Gasteiger partial charge is 0.408 e. The fourth-order valence-electron chi connectivity index (χ4n) is 6.01. The van der Waals surface area contributed by atoms with Crippen LogP contribution in [0.4, 0.5) is 10.5 Å². The molecule has 2 saturated carbocycles. The van der Waals surface area contributed by atoms with Gasteiger partial charge in [0, 0.05) is 22.2 Å². The monoisotopic (exact) mass is 540 g/mol. The van der Waals surface area contributed by atoms with Crippen LogP contribution < -0.4 is 16.0 Å². The van der Waals surface area contributed by atoms with Gasteiger partial charge in [0.05, 0.1) is 17.3 Å². The zero-order valence-corrected chi connectivity index (χ0v) is 23.2. The Morgan fingerprint density at radius 1 is 1.05 bits per heavy atom. The number of hydrogen-bond acceptors (Lipinski definition) is 4. The maximum atomic E-state index is 13.7. The number of aromatic amines is 1. The minimum atomic E-state index is -0.738. The Kier molecular flexibility index (Phi) is 6.64. The number of carbonyl (C=O) groups is 3. The van der Waals surface area contributed by atoms with E-state index in [9.17, 15) is 14.4 Å². The lowest BCUT2D eigenvalue weighted by molar-refractivity contribution is -0.119. The summed E-state index contributed by atoms with van der Waals surface area (Å²) in [5, 5.41) is 9.80. The summed E-state index contributed by atoms with van der Waals surface area (Å²) in [5.41, 5.74) is 5.28. The summed E-state index contributed by atoms with van der Waals surface area (Å²) in [7, 11) is 0. The van der Waals surface area contributed by atoms with Crippen molar-refractivity contribution in [3.63, 3.8) is 0 Å². The van der Waals surface area contributed by atoms with E-state index in [1.807, 2.05) is 36.4 Å². The number of alkyl carbamates (subject to hydrolysis) is 1. The fraction of sp³-hybridized carbons (Fsp3) is 0.406. The Hall–Kier alpha value is -4.07. The van der Waals surface area contributed by atoms with Crippen LogP contribution in [0.1, 0.15) is 75.2 Å². The number of carbonyl (C=O) groups excluding carboxylic acids is 3. The molecule has 3 amide bonds. The highest BCUT2D eigenvalue weighted by Gasteiger charge is 2.36. The average molecular weight is 541 g/mol. The average Bonchev–Trinajstić information content (AvgIpc) is 3.53. The minimum Gasteiger partial charge on any atom is -0.444 e. The molecule has 2 fully saturated rings. The van der Waals surface area contributed by atoms with Gasteiger partial charge in [0.25, 0.3) is 5.91 Å². The van der Waals surface area contributed by atoms with Crippen molar-refractivity contribution in [2.75, 3.05) is 5.32 Å². The number of nitrogens with one attached hydrogen (secondary N) is 4. The highest BCUT2D eigenvalue weighted by Crippen LogP contribution is 2.42. The third-order valence-electron chi connectivity index (χ3n) is 7.95. The van der Waals surface area contributed by atoms with Crippen LogP contribution in [-0.2, 0) is 9.53 Å². The predicted molar refractivity (Wildman–Crippen MR) is 156 cm³/mol. The molecule has 0 bridgehead atoms. The van der Waals surface area contributed by atoms with Gasteiger partial charge in [-0.15, -0.1) is 0 Å². The number of anilines is 1. The van der Waals surface area contributed by atoms with Crippen LogP contribution in [0.25, 0.3) is 28.2 Å². The number of fused-ring (bicyclic) bond motifs is 1. The molecule has 2 aliphatic carbocycles. The van der Waals surface area contributed by atoms with E-state index in [4.69, 9.17) is 4.74 Å². The molecule has 3 aromatic rings. The molecule has 8 nitrogen and oxygen atoms in total. The summed E-state index contributed by atoms with van der Waals surface area (Å²) in [4.78, 5) is 43.3. The second kappa shape index (κ2) is 10.2. The fourth-order valence-corrected chi connectivity index (χ4v) is 6.01.